The van der Waals surface area contributed by atoms with Crippen LogP contribution in [-0.2, 0) is 6.54 Å². The zero-order chi connectivity index (χ0) is 19.6. The first-order chi connectivity index (χ1) is 12.8. The summed E-state index contributed by atoms with van der Waals surface area (Å²) in [4.78, 5) is 0. The van der Waals surface area contributed by atoms with Gasteiger partial charge in [0.15, 0.2) is 22.6 Å². The molecule has 0 aliphatic rings. The van der Waals surface area contributed by atoms with Gasteiger partial charge in [0.2, 0.25) is 0 Å². The maximum absolute atomic E-state index is 13.7. The van der Waals surface area contributed by atoms with Crippen molar-refractivity contribution < 1.29 is 17.6 Å². The highest BCUT2D eigenvalue weighted by Gasteiger charge is 2.19. The predicted octanol–water partition coefficient (Wildman–Crippen LogP) is 4.95. The van der Waals surface area contributed by atoms with E-state index in [0.29, 0.717) is 22.5 Å². The summed E-state index contributed by atoms with van der Waals surface area (Å²) >= 11 is 11.0. The van der Waals surface area contributed by atoms with Crippen molar-refractivity contribution in [3.63, 3.8) is 0 Å². The molecule has 10 heteroatoms. The smallest absolute Gasteiger partial charge is 0.194 e. The van der Waals surface area contributed by atoms with Crippen LogP contribution in [0.25, 0.3) is 0 Å². The average Bonchev–Trinajstić information content (AvgIpc) is 3.03. The molecular weight excluding hydrogens is 404 g/mol. The molecule has 27 heavy (non-hydrogen) atoms. The van der Waals surface area contributed by atoms with E-state index in [0.717, 1.165) is 4.68 Å². The molecule has 3 rings (SSSR count). The van der Waals surface area contributed by atoms with Crippen LogP contribution < -0.4 is 10.6 Å². The predicted molar refractivity (Wildman–Crippen MR) is 98.9 cm³/mol. The molecule has 0 radical (unpaired) electrons. The molecule has 0 aliphatic heterocycles. The van der Waals surface area contributed by atoms with Crippen LogP contribution in [0.15, 0.2) is 42.7 Å². The van der Waals surface area contributed by atoms with Crippen molar-refractivity contribution in [3.8, 4) is 0 Å². The van der Waals surface area contributed by atoms with Crippen molar-refractivity contribution in [2.24, 2.45) is 0 Å². The zero-order valence-corrected chi connectivity index (χ0v) is 15.0. The van der Waals surface area contributed by atoms with Crippen LogP contribution in [0, 0.1) is 23.3 Å². The van der Waals surface area contributed by atoms with E-state index >= 15 is 0 Å². The Hall–Kier alpha value is -2.65. The first-order valence-corrected chi connectivity index (χ1v) is 8.30. The van der Waals surface area contributed by atoms with Gasteiger partial charge in [0.05, 0.1) is 18.4 Å². The van der Waals surface area contributed by atoms with Crippen LogP contribution in [0.3, 0.4) is 0 Å². The molecule has 0 spiro atoms. The molecule has 0 saturated carbocycles. The Kier molecular flexibility index (Phi) is 5.62. The second-order valence-electron chi connectivity index (χ2n) is 5.46. The summed E-state index contributed by atoms with van der Waals surface area (Å²) in [5.41, 5.74) is 0.458. The van der Waals surface area contributed by atoms with Gasteiger partial charge < -0.3 is 10.6 Å². The van der Waals surface area contributed by atoms with E-state index in [1.165, 1.54) is 12.4 Å². The second kappa shape index (κ2) is 7.93. The van der Waals surface area contributed by atoms with E-state index < -0.39 is 35.4 Å². The number of thiocarbonyl (C=S) groups is 1. The van der Waals surface area contributed by atoms with Gasteiger partial charge >= 0.3 is 0 Å². The van der Waals surface area contributed by atoms with Gasteiger partial charge in [-0.2, -0.15) is 5.10 Å². The molecule has 0 amide bonds. The molecule has 1 aromatic heterocycles. The molecule has 0 saturated heterocycles. The fraction of sp³-hybridized carbons (Fsp3) is 0.0588. The van der Waals surface area contributed by atoms with Crippen molar-refractivity contribution in [3.05, 3.63) is 76.6 Å². The molecular formula is C17H11ClF4N4S. The highest BCUT2D eigenvalue weighted by atomic mass is 35.5. The van der Waals surface area contributed by atoms with Crippen LogP contribution in [0.4, 0.5) is 28.9 Å². The van der Waals surface area contributed by atoms with Crippen molar-refractivity contribution >= 4 is 40.3 Å². The van der Waals surface area contributed by atoms with Gasteiger partial charge in [-0.3, -0.25) is 4.68 Å². The Morgan fingerprint density at radius 2 is 1.78 bits per heavy atom. The minimum Gasteiger partial charge on any atom is -0.332 e. The molecule has 2 aromatic carbocycles. The van der Waals surface area contributed by atoms with E-state index in [1.54, 1.807) is 24.3 Å². The van der Waals surface area contributed by atoms with Gasteiger partial charge in [0.1, 0.15) is 5.82 Å². The fourth-order valence-corrected chi connectivity index (χ4v) is 2.71. The molecule has 3 aromatic rings. The van der Waals surface area contributed by atoms with Gasteiger partial charge in [-0.25, -0.2) is 17.6 Å². The maximum atomic E-state index is 13.7. The minimum absolute atomic E-state index is 0.238. The number of benzene rings is 2. The summed E-state index contributed by atoms with van der Waals surface area (Å²) in [5, 5.41) is 10.4. The van der Waals surface area contributed by atoms with Crippen LogP contribution >= 0.6 is 23.8 Å². The Bertz CT molecular complexity index is 1010. The summed E-state index contributed by atoms with van der Waals surface area (Å²) in [7, 11) is 0. The van der Waals surface area contributed by atoms with Gasteiger partial charge in [0, 0.05) is 28.5 Å². The molecule has 1 heterocycles. The molecule has 0 unspecified atom stereocenters. The Morgan fingerprint density at radius 1 is 1.04 bits per heavy atom. The Labute approximate surface area is 161 Å². The normalized spacial score (nSPS) is 10.7. The number of hydrogen-bond acceptors (Lipinski definition) is 2. The lowest BCUT2D eigenvalue weighted by molar-refractivity contribution is 0.420. The zero-order valence-electron chi connectivity index (χ0n) is 13.4. The Balaban J connectivity index is 1.69. The maximum Gasteiger partial charge on any atom is 0.194 e. The molecule has 4 nitrogen and oxygen atoms in total. The fourth-order valence-electron chi connectivity index (χ4n) is 2.29. The van der Waals surface area contributed by atoms with Gasteiger partial charge in [-0.05, 0) is 30.4 Å². The number of rotatable bonds is 4. The standard InChI is InChI=1S/C17H11ClF4N4S/c18-9-2-1-3-10(4-9)24-17(27)25-11-6-23-26(7-11)8-12-13(19)5-14(20)16(22)15(12)21/h1-7H,8H2,(H2,24,25,27). The lowest BCUT2D eigenvalue weighted by Crippen LogP contribution is -2.18. The van der Waals surface area contributed by atoms with Crippen LogP contribution in [0.1, 0.15) is 5.56 Å². The third-order valence-corrected chi connectivity index (χ3v) is 3.94. The molecule has 0 fully saturated rings. The SMILES string of the molecule is Fc1cc(F)c(Cn2cc(NC(=S)Nc3cccc(Cl)c3)cn2)c(F)c1F. The number of halogens is 5. The van der Waals surface area contributed by atoms with Crippen molar-refractivity contribution in [1.82, 2.24) is 9.78 Å². The minimum atomic E-state index is -1.73. The van der Waals surface area contributed by atoms with Crippen molar-refractivity contribution in [2.75, 3.05) is 10.6 Å². The van der Waals surface area contributed by atoms with E-state index in [9.17, 15) is 17.6 Å². The van der Waals surface area contributed by atoms with E-state index in [1.807, 2.05) is 0 Å². The second-order valence-corrected chi connectivity index (χ2v) is 6.31. The summed E-state index contributed by atoms with van der Waals surface area (Å²) in [6.07, 6.45) is 2.77. The summed E-state index contributed by atoms with van der Waals surface area (Å²) in [5.74, 6) is -6.11. The first-order valence-electron chi connectivity index (χ1n) is 7.51. The van der Waals surface area contributed by atoms with Crippen molar-refractivity contribution in [1.29, 1.82) is 0 Å². The molecule has 0 aliphatic carbocycles. The lowest BCUT2D eigenvalue weighted by Gasteiger charge is -2.09. The summed E-state index contributed by atoms with van der Waals surface area (Å²) in [6, 6.07) is 7.19. The summed E-state index contributed by atoms with van der Waals surface area (Å²) in [6.45, 7) is -0.426. The third-order valence-electron chi connectivity index (χ3n) is 3.50. The third kappa shape index (κ3) is 4.55. The van der Waals surface area contributed by atoms with Crippen LogP contribution in [-0.4, -0.2) is 14.9 Å². The van der Waals surface area contributed by atoms with E-state index in [2.05, 4.69) is 15.7 Å². The van der Waals surface area contributed by atoms with Crippen LogP contribution in [0.2, 0.25) is 5.02 Å². The highest BCUT2D eigenvalue weighted by molar-refractivity contribution is 7.80. The van der Waals surface area contributed by atoms with E-state index in [4.69, 9.17) is 23.8 Å². The first kappa shape index (κ1) is 19.1. The monoisotopic (exact) mass is 414 g/mol. The average molecular weight is 415 g/mol. The molecule has 0 bridgehead atoms. The molecule has 0 atom stereocenters. The molecule has 140 valence electrons. The summed E-state index contributed by atoms with van der Waals surface area (Å²) < 4.78 is 54.9. The Morgan fingerprint density at radius 3 is 2.52 bits per heavy atom. The number of nitrogens with one attached hydrogen (secondary N) is 2. The van der Waals surface area contributed by atoms with Gasteiger partial charge in [0.25, 0.3) is 0 Å². The van der Waals surface area contributed by atoms with Crippen molar-refractivity contribution in [2.45, 2.75) is 6.54 Å². The highest BCUT2D eigenvalue weighted by Crippen LogP contribution is 2.21. The quantitative estimate of drug-likeness (QED) is 0.274. The van der Waals surface area contributed by atoms with Gasteiger partial charge in [-0.15, -0.1) is 0 Å². The number of hydrogen-bond donors (Lipinski definition) is 2. The number of anilines is 2. The van der Waals surface area contributed by atoms with Gasteiger partial charge in [-0.1, -0.05) is 17.7 Å². The van der Waals surface area contributed by atoms with Crippen LogP contribution in [0.5, 0.6) is 0 Å². The number of nitrogens with zero attached hydrogens (tertiary/aromatic N) is 2. The number of aromatic nitrogens is 2. The van der Waals surface area contributed by atoms with E-state index in [-0.39, 0.29) is 5.11 Å². The largest absolute Gasteiger partial charge is 0.332 e. The topological polar surface area (TPSA) is 41.9 Å². The molecule has 2 N–H and O–H groups in total. The lowest BCUT2D eigenvalue weighted by atomic mass is 10.2.